The van der Waals surface area contributed by atoms with Crippen molar-refractivity contribution in [1.29, 1.82) is 0 Å². The summed E-state index contributed by atoms with van der Waals surface area (Å²) >= 11 is 1.69. The summed E-state index contributed by atoms with van der Waals surface area (Å²) in [5.41, 5.74) is 1.58. The number of hydrogen-bond acceptors (Lipinski definition) is 3. The second-order valence-electron chi connectivity index (χ2n) is 3.96. The van der Waals surface area contributed by atoms with Crippen molar-refractivity contribution in [3.63, 3.8) is 0 Å². The average molecular weight is 248 g/mol. The molecule has 0 aliphatic carbocycles. The van der Waals surface area contributed by atoms with E-state index in [2.05, 4.69) is 23.0 Å². The van der Waals surface area contributed by atoms with Gasteiger partial charge in [0.1, 0.15) is 0 Å². The van der Waals surface area contributed by atoms with E-state index in [1.807, 2.05) is 19.9 Å². The van der Waals surface area contributed by atoms with Crippen molar-refractivity contribution in [2.24, 2.45) is 0 Å². The second-order valence-corrected chi connectivity index (χ2v) is 5.13. The zero-order valence-electron chi connectivity index (χ0n) is 10.3. The van der Waals surface area contributed by atoms with E-state index >= 15 is 0 Å². The van der Waals surface area contributed by atoms with E-state index in [1.54, 1.807) is 11.3 Å². The molecule has 2 heterocycles. The lowest BCUT2D eigenvalue weighted by Crippen LogP contribution is -2.15. The summed E-state index contributed by atoms with van der Waals surface area (Å²) < 4.78 is 0. The quantitative estimate of drug-likeness (QED) is 0.907. The Hall–Kier alpha value is -1.42. The van der Waals surface area contributed by atoms with Gasteiger partial charge in [-0.2, -0.15) is 0 Å². The molecule has 0 spiro atoms. The Labute approximate surface area is 105 Å². The smallest absolute Gasteiger partial charge is 0.254 e. The van der Waals surface area contributed by atoms with E-state index in [-0.39, 0.29) is 5.56 Å². The van der Waals surface area contributed by atoms with Gasteiger partial charge in [-0.1, -0.05) is 13.8 Å². The molecular weight excluding hydrogens is 232 g/mol. The normalized spacial score (nSPS) is 10.8. The molecule has 2 rings (SSSR count). The van der Waals surface area contributed by atoms with Crippen LogP contribution in [0.4, 0.5) is 0 Å². The average Bonchev–Trinajstić information content (AvgIpc) is 2.81. The molecule has 0 atom stereocenters. The van der Waals surface area contributed by atoms with Crippen LogP contribution >= 0.6 is 11.3 Å². The van der Waals surface area contributed by atoms with Gasteiger partial charge in [0.2, 0.25) is 0 Å². The highest BCUT2D eigenvalue weighted by Gasteiger charge is 2.09. The van der Waals surface area contributed by atoms with E-state index in [4.69, 9.17) is 0 Å². The van der Waals surface area contributed by atoms with Gasteiger partial charge in [0.05, 0.1) is 10.6 Å². The minimum atomic E-state index is -0.0294. The molecule has 0 amide bonds. The van der Waals surface area contributed by atoms with Crippen LogP contribution in [0.25, 0.3) is 10.7 Å². The van der Waals surface area contributed by atoms with Gasteiger partial charge in [-0.05, 0) is 31.9 Å². The molecule has 0 aromatic carbocycles. The summed E-state index contributed by atoms with van der Waals surface area (Å²) in [6, 6.07) is 4.11. The molecule has 2 aromatic rings. The lowest BCUT2D eigenvalue weighted by molar-refractivity contribution is 0.957. The summed E-state index contributed by atoms with van der Waals surface area (Å²) in [5.74, 6) is 0.696. The van der Waals surface area contributed by atoms with Gasteiger partial charge in [0.15, 0.2) is 5.82 Å². The lowest BCUT2D eigenvalue weighted by atomic mass is 10.2. The van der Waals surface area contributed by atoms with Crippen molar-refractivity contribution in [3.05, 3.63) is 38.6 Å². The van der Waals surface area contributed by atoms with Crippen LogP contribution in [0.3, 0.4) is 0 Å². The minimum Gasteiger partial charge on any atom is -0.306 e. The third kappa shape index (κ3) is 2.31. The SMILES string of the molecule is CCc1ccc(-c2nc(CC)c(C)c(=O)[nH]2)s1. The first-order valence-electron chi connectivity index (χ1n) is 5.84. The van der Waals surface area contributed by atoms with Crippen LogP contribution in [0.15, 0.2) is 16.9 Å². The summed E-state index contributed by atoms with van der Waals surface area (Å²) in [6.45, 7) is 5.96. The first-order valence-corrected chi connectivity index (χ1v) is 6.66. The molecule has 0 saturated heterocycles. The van der Waals surface area contributed by atoms with Gasteiger partial charge in [-0.15, -0.1) is 11.3 Å². The zero-order valence-corrected chi connectivity index (χ0v) is 11.1. The number of nitrogens with zero attached hydrogens (tertiary/aromatic N) is 1. The lowest BCUT2D eigenvalue weighted by Gasteiger charge is -2.03. The van der Waals surface area contributed by atoms with E-state index in [0.717, 1.165) is 29.0 Å². The third-order valence-electron chi connectivity index (χ3n) is 2.83. The molecule has 0 saturated carbocycles. The molecular formula is C13H16N2OS. The Bertz CT molecular complexity index is 583. The summed E-state index contributed by atoms with van der Waals surface area (Å²) in [5, 5.41) is 0. The molecule has 0 radical (unpaired) electrons. The number of thiophene rings is 1. The third-order valence-corrected chi connectivity index (χ3v) is 4.07. The van der Waals surface area contributed by atoms with Crippen LogP contribution in [0.1, 0.15) is 30.0 Å². The van der Waals surface area contributed by atoms with Gasteiger partial charge in [0, 0.05) is 10.4 Å². The Morgan fingerprint density at radius 2 is 2.06 bits per heavy atom. The number of rotatable bonds is 3. The molecule has 90 valence electrons. The first-order chi connectivity index (χ1) is 8.15. The van der Waals surface area contributed by atoms with Crippen LogP contribution in [0.5, 0.6) is 0 Å². The monoisotopic (exact) mass is 248 g/mol. The number of nitrogens with one attached hydrogen (secondary N) is 1. The molecule has 2 aromatic heterocycles. The Morgan fingerprint density at radius 3 is 2.65 bits per heavy atom. The summed E-state index contributed by atoms with van der Waals surface area (Å²) in [6.07, 6.45) is 1.80. The highest BCUT2D eigenvalue weighted by atomic mass is 32.1. The predicted octanol–water partition coefficient (Wildman–Crippen LogP) is 2.93. The molecule has 0 unspecified atom stereocenters. The van der Waals surface area contributed by atoms with Gasteiger partial charge >= 0.3 is 0 Å². The van der Waals surface area contributed by atoms with Crippen molar-refractivity contribution >= 4 is 11.3 Å². The number of H-pyrrole nitrogens is 1. The number of aromatic amines is 1. The molecule has 1 N–H and O–H groups in total. The van der Waals surface area contributed by atoms with Crippen molar-refractivity contribution in [1.82, 2.24) is 9.97 Å². The summed E-state index contributed by atoms with van der Waals surface area (Å²) in [4.78, 5) is 21.5. The van der Waals surface area contributed by atoms with Crippen LogP contribution in [0, 0.1) is 6.92 Å². The van der Waals surface area contributed by atoms with E-state index in [1.165, 1.54) is 4.88 Å². The topological polar surface area (TPSA) is 45.8 Å². The van der Waals surface area contributed by atoms with Gasteiger partial charge in [-0.3, -0.25) is 4.79 Å². The minimum absolute atomic E-state index is 0.0294. The molecule has 3 nitrogen and oxygen atoms in total. The Balaban J connectivity index is 2.52. The Morgan fingerprint density at radius 1 is 1.29 bits per heavy atom. The van der Waals surface area contributed by atoms with Gasteiger partial charge in [0.25, 0.3) is 5.56 Å². The van der Waals surface area contributed by atoms with Crippen LogP contribution in [-0.4, -0.2) is 9.97 Å². The molecule has 0 bridgehead atoms. The maximum atomic E-state index is 11.8. The first kappa shape index (κ1) is 12.0. The standard InChI is InChI=1S/C13H16N2OS/c1-4-9-6-7-11(17-9)12-14-10(5-2)8(3)13(16)15-12/h6-7H,4-5H2,1-3H3,(H,14,15,16). The molecule has 0 aliphatic heterocycles. The Kier molecular flexibility index (Phi) is 3.43. The van der Waals surface area contributed by atoms with Crippen LogP contribution < -0.4 is 5.56 Å². The zero-order chi connectivity index (χ0) is 12.4. The second kappa shape index (κ2) is 4.84. The molecule has 17 heavy (non-hydrogen) atoms. The molecule has 0 fully saturated rings. The van der Waals surface area contributed by atoms with E-state index in [9.17, 15) is 4.79 Å². The van der Waals surface area contributed by atoms with Crippen LogP contribution in [0.2, 0.25) is 0 Å². The van der Waals surface area contributed by atoms with Crippen molar-refractivity contribution < 1.29 is 0 Å². The van der Waals surface area contributed by atoms with E-state index < -0.39 is 0 Å². The fourth-order valence-corrected chi connectivity index (χ4v) is 2.63. The molecule has 0 aliphatic rings. The fraction of sp³-hybridized carbons (Fsp3) is 0.385. The maximum absolute atomic E-state index is 11.8. The highest BCUT2D eigenvalue weighted by molar-refractivity contribution is 7.15. The number of aromatic nitrogens is 2. The molecule has 4 heteroatoms. The number of aryl methyl sites for hydroxylation is 2. The van der Waals surface area contributed by atoms with Gasteiger partial charge in [-0.25, -0.2) is 4.98 Å². The van der Waals surface area contributed by atoms with Crippen LogP contribution in [-0.2, 0) is 12.8 Å². The van der Waals surface area contributed by atoms with E-state index in [0.29, 0.717) is 5.82 Å². The largest absolute Gasteiger partial charge is 0.306 e. The van der Waals surface area contributed by atoms with Crippen molar-refractivity contribution in [2.75, 3.05) is 0 Å². The highest BCUT2D eigenvalue weighted by Crippen LogP contribution is 2.25. The summed E-state index contributed by atoms with van der Waals surface area (Å²) in [7, 11) is 0. The predicted molar refractivity (Wildman–Crippen MR) is 71.7 cm³/mol. The maximum Gasteiger partial charge on any atom is 0.254 e. The van der Waals surface area contributed by atoms with Crippen molar-refractivity contribution in [3.8, 4) is 10.7 Å². The van der Waals surface area contributed by atoms with Gasteiger partial charge < -0.3 is 4.98 Å². The fourth-order valence-electron chi connectivity index (χ4n) is 1.74. The number of hydrogen-bond donors (Lipinski definition) is 1. The van der Waals surface area contributed by atoms with Crippen molar-refractivity contribution in [2.45, 2.75) is 33.6 Å².